The summed E-state index contributed by atoms with van der Waals surface area (Å²) < 4.78 is 5.27. The van der Waals surface area contributed by atoms with Crippen LogP contribution in [0.1, 0.15) is 24.2 Å². The number of H-pyrrole nitrogens is 1. The first-order chi connectivity index (χ1) is 12.7. The molecule has 1 aliphatic heterocycles. The van der Waals surface area contributed by atoms with Crippen LogP contribution in [-0.4, -0.2) is 34.3 Å². The lowest BCUT2D eigenvalue weighted by molar-refractivity contribution is -0.135. The highest BCUT2D eigenvalue weighted by Crippen LogP contribution is 2.25. The number of aromatic amines is 1. The van der Waals surface area contributed by atoms with E-state index in [0.29, 0.717) is 32.4 Å². The number of nitrogens with zero attached hydrogens (tertiary/aromatic N) is 1. The van der Waals surface area contributed by atoms with Gasteiger partial charge in [-0.25, -0.2) is 0 Å². The molecular weight excluding hydrogens is 330 g/mol. The molecule has 1 atom stereocenters. The smallest absolute Gasteiger partial charge is 0.242 e. The van der Waals surface area contributed by atoms with E-state index in [9.17, 15) is 9.59 Å². The maximum absolute atomic E-state index is 12.6. The maximum Gasteiger partial charge on any atom is 0.242 e. The number of benzene rings is 1. The first-order valence-corrected chi connectivity index (χ1v) is 8.87. The summed E-state index contributed by atoms with van der Waals surface area (Å²) in [6.07, 6.45) is 5.16. The summed E-state index contributed by atoms with van der Waals surface area (Å²) in [5.41, 5.74) is 2.07. The number of hydrogen-bond acceptors (Lipinski definition) is 3. The number of fused-ring (bicyclic) bond motifs is 1. The highest BCUT2D eigenvalue weighted by atomic mass is 16.3. The molecule has 6 nitrogen and oxygen atoms in total. The van der Waals surface area contributed by atoms with E-state index in [0.717, 1.165) is 22.2 Å². The maximum atomic E-state index is 12.6. The molecule has 2 aromatic heterocycles. The van der Waals surface area contributed by atoms with Crippen molar-refractivity contribution >= 4 is 22.7 Å². The zero-order valence-corrected chi connectivity index (χ0v) is 14.4. The SMILES string of the molecule is O=C(NCCc1ccco1)[C@H]1CCC(=O)N1Cc1c[nH]c2ccccc12. The van der Waals surface area contributed by atoms with Gasteiger partial charge < -0.3 is 19.6 Å². The van der Waals surface area contributed by atoms with Crippen molar-refractivity contribution in [3.8, 4) is 0 Å². The van der Waals surface area contributed by atoms with Gasteiger partial charge in [-0.2, -0.15) is 0 Å². The van der Waals surface area contributed by atoms with Crippen LogP contribution in [0.15, 0.2) is 53.3 Å². The Labute approximate surface area is 151 Å². The molecule has 1 aliphatic rings. The summed E-state index contributed by atoms with van der Waals surface area (Å²) in [6.45, 7) is 0.942. The quantitative estimate of drug-likeness (QED) is 0.716. The minimum absolute atomic E-state index is 0.0291. The molecule has 3 heterocycles. The Morgan fingerprint density at radius 1 is 1.27 bits per heavy atom. The third-order valence-corrected chi connectivity index (χ3v) is 4.90. The number of hydrogen-bond donors (Lipinski definition) is 2. The fourth-order valence-electron chi connectivity index (χ4n) is 3.53. The van der Waals surface area contributed by atoms with E-state index in [1.165, 1.54) is 0 Å². The van der Waals surface area contributed by atoms with Crippen molar-refractivity contribution in [3.63, 3.8) is 0 Å². The Kier molecular flexibility index (Phi) is 4.48. The van der Waals surface area contributed by atoms with E-state index >= 15 is 0 Å². The molecule has 6 heteroatoms. The predicted octanol–water partition coefficient (Wildman–Crippen LogP) is 2.61. The molecule has 26 heavy (non-hydrogen) atoms. The van der Waals surface area contributed by atoms with Crippen LogP contribution in [0.4, 0.5) is 0 Å². The third-order valence-electron chi connectivity index (χ3n) is 4.90. The first-order valence-electron chi connectivity index (χ1n) is 8.87. The molecular formula is C20H21N3O3. The molecule has 3 aromatic rings. The molecule has 1 fully saturated rings. The molecule has 0 bridgehead atoms. The third kappa shape index (κ3) is 3.22. The Balaban J connectivity index is 1.42. The molecule has 1 saturated heterocycles. The van der Waals surface area contributed by atoms with Crippen molar-refractivity contribution in [1.29, 1.82) is 0 Å². The number of carbonyl (C=O) groups excluding carboxylic acids is 2. The van der Waals surface area contributed by atoms with Gasteiger partial charge in [-0.3, -0.25) is 9.59 Å². The standard InChI is InChI=1S/C20H21N3O3/c24-19-8-7-18(20(25)21-10-9-15-4-3-11-26-15)23(19)13-14-12-22-17-6-2-1-5-16(14)17/h1-6,11-12,18,22H,7-10,13H2,(H,21,25)/t18-/m1/s1. The van der Waals surface area contributed by atoms with Crippen molar-refractivity contribution in [3.05, 3.63) is 60.2 Å². The first kappa shape index (κ1) is 16.4. The van der Waals surface area contributed by atoms with Crippen LogP contribution in [0.5, 0.6) is 0 Å². The zero-order chi connectivity index (χ0) is 17.9. The molecule has 2 N–H and O–H groups in total. The fourth-order valence-corrected chi connectivity index (χ4v) is 3.53. The van der Waals surface area contributed by atoms with Gasteiger partial charge in [0, 0.05) is 43.0 Å². The van der Waals surface area contributed by atoms with Crippen LogP contribution in [0.2, 0.25) is 0 Å². The van der Waals surface area contributed by atoms with E-state index in [4.69, 9.17) is 4.42 Å². The number of aromatic nitrogens is 1. The lowest BCUT2D eigenvalue weighted by Crippen LogP contribution is -2.44. The lowest BCUT2D eigenvalue weighted by atomic mass is 10.1. The van der Waals surface area contributed by atoms with Crippen molar-refractivity contribution in [2.45, 2.75) is 31.8 Å². The molecule has 0 radical (unpaired) electrons. The monoisotopic (exact) mass is 351 g/mol. The largest absolute Gasteiger partial charge is 0.469 e. The molecule has 2 amide bonds. The van der Waals surface area contributed by atoms with Gasteiger partial charge in [-0.15, -0.1) is 0 Å². The Morgan fingerprint density at radius 2 is 2.15 bits per heavy atom. The predicted molar refractivity (Wildman–Crippen MR) is 97.3 cm³/mol. The zero-order valence-electron chi connectivity index (χ0n) is 14.4. The Morgan fingerprint density at radius 3 is 3.00 bits per heavy atom. The summed E-state index contributed by atoms with van der Waals surface area (Å²) in [4.78, 5) is 29.8. The van der Waals surface area contributed by atoms with Gasteiger partial charge in [0.2, 0.25) is 11.8 Å². The van der Waals surface area contributed by atoms with Crippen LogP contribution in [0.25, 0.3) is 10.9 Å². The topological polar surface area (TPSA) is 78.3 Å². The molecule has 134 valence electrons. The Bertz CT molecular complexity index is 913. The van der Waals surface area contributed by atoms with Gasteiger partial charge in [0.15, 0.2) is 0 Å². The highest BCUT2D eigenvalue weighted by molar-refractivity contribution is 5.91. The number of amides is 2. The van der Waals surface area contributed by atoms with E-state index in [2.05, 4.69) is 10.3 Å². The van der Waals surface area contributed by atoms with Crippen molar-refractivity contribution in [2.24, 2.45) is 0 Å². The number of rotatable bonds is 6. The molecule has 0 unspecified atom stereocenters. The van der Waals surface area contributed by atoms with Gasteiger partial charge in [0.1, 0.15) is 11.8 Å². The van der Waals surface area contributed by atoms with Crippen LogP contribution in [0.3, 0.4) is 0 Å². The van der Waals surface area contributed by atoms with E-state index < -0.39 is 6.04 Å². The summed E-state index contributed by atoms with van der Waals surface area (Å²) in [5, 5.41) is 4.02. The average Bonchev–Trinajstić information content (AvgIpc) is 3.37. The molecule has 1 aromatic carbocycles. The van der Waals surface area contributed by atoms with E-state index in [1.54, 1.807) is 11.2 Å². The van der Waals surface area contributed by atoms with Crippen LogP contribution in [0, 0.1) is 0 Å². The van der Waals surface area contributed by atoms with Gasteiger partial charge in [-0.1, -0.05) is 18.2 Å². The van der Waals surface area contributed by atoms with Gasteiger partial charge in [0.25, 0.3) is 0 Å². The molecule has 4 rings (SSSR count). The van der Waals surface area contributed by atoms with E-state index in [1.807, 2.05) is 42.6 Å². The molecule has 0 spiro atoms. The lowest BCUT2D eigenvalue weighted by Gasteiger charge is -2.24. The van der Waals surface area contributed by atoms with Gasteiger partial charge in [0.05, 0.1) is 6.26 Å². The second kappa shape index (κ2) is 7.07. The fraction of sp³-hybridized carbons (Fsp3) is 0.300. The van der Waals surface area contributed by atoms with Crippen molar-refractivity contribution in [1.82, 2.24) is 15.2 Å². The number of para-hydroxylation sites is 1. The van der Waals surface area contributed by atoms with Gasteiger partial charge >= 0.3 is 0 Å². The van der Waals surface area contributed by atoms with Crippen LogP contribution >= 0.6 is 0 Å². The van der Waals surface area contributed by atoms with Crippen molar-refractivity contribution in [2.75, 3.05) is 6.54 Å². The minimum atomic E-state index is -0.409. The van der Waals surface area contributed by atoms with Gasteiger partial charge in [-0.05, 0) is 30.2 Å². The number of carbonyl (C=O) groups is 2. The summed E-state index contributed by atoms with van der Waals surface area (Å²) in [5.74, 6) is 0.771. The molecule has 0 saturated carbocycles. The molecule has 0 aliphatic carbocycles. The van der Waals surface area contributed by atoms with Crippen LogP contribution in [-0.2, 0) is 22.6 Å². The number of nitrogens with one attached hydrogen (secondary N) is 2. The summed E-state index contributed by atoms with van der Waals surface area (Å²) >= 11 is 0. The highest BCUT2D eigenvalue weighted by Gasteiger charge is 2.36. The van der Waals surface area contributed by atoms with Crippen LogP contribution < -0.4 is 5.32 Å². The number of furan rings is 1. The minimum Gasteiger partial charge on any atom is -0.469 e. The second-order valence-electron chi connectivity index (χ2n) is 6.56. The second-order valence-corrected chi connectivity index (χ2v) is 6.56. The summed E-state index contributed by atoms with van der Waals surface area (Å²) in [7, 11) is 0. The normalized spacial score (nSPS) is 17.2. The van der Waals surface area contributed by atoms with Crippen molar-refractivity contribution < 1.29 is 14.0 Å². The Hall–Kier alpha value is -3.02. The number of likely N-dealkylation sites (tertiary alicyclic amines) is 1. The van der Waals surface area contributed by atoms with E-state index in [-0.39, 0.29) is 11.8 Å². The average molecular weight is 351 g/mol. The summed E-state index contributed by atoms with van der Waals surface area (Å²) in [6, 6.07) is 11.3.